The first kappa shape index (κ1) is 24.6. The van der Waals surface area contributed by atoms with Gasteiger partial charge in [-0.1, -0.05) is 17.3 Å². The van der Waals surface area contributed by atoms with Gasteiger partial charge in [0.2, 0.25) is 0 Å². The fourth-order valence-electron chi connectivity index (χ4n) is 3.54. The minimum atomic E-state index is -0.494. The third-order valence-corrected chi connectivity index (χ3v) is 5.42. The molecule has 9 nitrogen and oxygen atoms in total. The summed E-state index contributed by atoms with van der Waals surface area (Å²) < 4.78 is 16.5. The molecule has 0 atom stereocenters. The van der Waals surface area contributed by atoms with E-state index in [4.69, 9.17) is 14.0 Å². The summed E-state index contributed by atoms with van der Waals surface area (Å²) in [4.78, 5) is 28.9. The van der Waals surface area contributed by atoms with Gasteiger partial charge in [0.05, 0.1) is 16.8 Å². The van der Waals surface area contributed by atoms with Crippen molar-refractivity contribution in [1.82, 2.24) is 20.3 Å². The quantitative estimate of drug-likeness (QED) is 0.681. The minimum absolute atomic E-state index is 0.184. The first-order valence-corrected chi connectivity index (χ1v) is 11.3. The van der Waals surface area contributed by atoms with Crippen LogP contribution in [-0.4, -0.2) is 71.8 Å². The molecule has 1 aliphatic heterocycles. The molecule has 3 rings (SSSR count). The zero-order valence-corrected chi connectivity index (χ0v) is 20.1. The Hall–Kier alpha value is -3.07. The van der Waals surface area contributed by atoms with Gasteiger partial charge in [0.15, 0.2) is 0 Å². The van der Waals surface area contributed by atoms with E-state index in [9.17, 15) is 9.59 Å². The molecule has 0 aliphatic carbocycles. The summed E-state index contributed by atoms with van der Waals surface area (Å²) in [5.41, 5.74) is 1.65. The van der Waals surface area contributed by atoms with Crippen LogP contribution in [0.1, 0.15) is 48.1 Å². The first-order valence-electron chi connectivity index (χ1n) is 11.3. The van der Waals surface area contributed by atoms with E-state index in [0.29, 0.717) is 43.3 Å². The molecule has 1 aromatic carbocycles. The van der Waals surface area contributed by atoms with Gasteiger partial charge >= 0.3 is 6.09 Å². The van der Waals surface area contributed by atoms with Crippen LogP contribution in [0.4, 0.5) is 4.79 Å². The molecule has 1 aromatic heterocycles. The van der Waals surface area contributed by atoms with Crippen molar-refractivity contribution in [3.05, 3.63) is 46.8 Å². The normalized spacial score (nSPS) is 14.8. The van der Waals surface area contributed by atoms with Crippen LogP contribution < -0.4 is 10.1 Å². The van der Waals surface area contributed by atoms with Crippen LogP contribution >= 0.6 is 0 Å². The molecule has 1 fully saturated rings. The number of nitrogens with one attached hydrogen (secondary N) is 1. The van der Waals surface area contributed by atoms with Crippen molar-refractivity contribution in [2.75, 3.05) is 39.3 Å². The molecule has 1 saturated heterocycles. The predicted molar refractivity (Wildman–Crippen MR) is 123 cm³/mol. The lowest BCUT2D eigenvalue weighted by atomic mass is 10.2. The second-order valence-electron chi connectivity index (χ2n) is 9.15. The fraction of sp³-hybridized carbons (Fsp3) is 0.542. The lowest BCUT2D eigenvalue weighted by Gasteiger charge is -2.35. The zero-order valence-electron chi connectivity index (χ0n) is 20.1. The summed E-state index contributed by atoms with van der Waals surface area (Å²) in [7, 11) is 0. The number of carbonyl (C=O) groups excluding carboxylic acids is 2. The first-order chi connectivity index (χ1) is 15.6. The Balaban J connectivity index is 1.45. The van der Waals surface area contributed by atoms with Gasteiger partial charge in [-0.2, -0.15) is 0 Å². The molecule has 0 radical (unpaired) electrons. The van der Waals surface area contributed by atoms with Crippen LogP contribution in [0.2, 0.25) is 0 Å². The van der Waals surface area contributed by atoms with Gasteiger partial charge in [-0.05, 0) is 46.8 Å². The van der Waals surface area contributed by atoms with Gasteiger partial charge in [-0.3, -0.25) is 9.69 Å². The number of hydrogen-bond acceptors (Lipinski definition) is 7. The molecule has 2 heterocycles. The number of ether oxygens (including phenoxy) is 2. The van der Waals surface area contributed by atoms with E-state index in [2.05, 4.69) is 15.4 Å². The Morgan fingerprint density at radius 1 is 1.12 bits per heavy atom. The van der Waals surface area contributed by atoms with Crippen LogP contribution in [0.5, 0.6) is 5.75 Å². The van der Waals surface area contributed by atoms with Gasteiger partial charge in [-0.25, -0.2) is 4.79 Å². The molecule has 9 heteroatoms. The molecular weight excluding hydrogens is 424 g/mol. The third-order valence-electron chi connectivity index (χ3n) is 5.42. The molecule has 2 amide bonds. The van der Waals surface area contributed by atoms with Gasteiger partial charge in [0.25, 0.3) is 5.91 Å². The van der Waals surface area contributed by atoms with Crippen molar-refractivity contribution in [3.8, 4) is 5.75 Å². The van der Waals surface area contributed by atoms with Crippen LogP contribution in [0.15, 0.2) is 28.8 Å². The lowest BCUT2D eigenvalue weighted by Crippen LogP contribution is -2.51. The Morgan fingerprint density at radius 2 is 1.82 bits per heavy atom. The lowest BCUT2D eigenvalue weighted by molar-refractivity contribution is 0.0147. The van der Waals surface area contributed by atoms with Gasteiger partial charge in [-0.15, -0.1) is 0 Å². The summed E-state index contributed by atoms with van der Waals surface area (Å²) in [6.07, 6.45) is -0.274. The van der Waals surface area contributed by atoms with E-state index in [-0.39, 0.29) is 18.6 Å². The average molecular weight is 459 g/mol. The van der Waals surface area contributed by atoms with Crippen molar-refractivity contribution >= 4 is 12.0 Å². The average Bonchev–Trinajstić information content (AvgIpc) is 3.09. The summed E-state index contributed by atoms with van der Waals surface area (Å²) >= 11 is 0. The van der Waals surface area contributed by atoms with Gasteiger partial charge in [0, 0.05) is 39.3 Å². The monoisotopic (exact) mass is 458 g/mol. The minimum Gasteiger partial charge on any atom is -0.488 e. The molecule has 1 aliphatic rings. The number of aryl methyl sites for hydroxylation is 2. The number of amides is 2. The summed E-state index contributed by atoms with van der Waals surface area (Å²) in [6.45, 7) is 13.5. The Bertz CT molecular complexity index is 939. The number of rotatable bonds is 7. The standard InChI is InChI=1S/C24H34N4O5/c1-17-20(18(2)33-26-17)16-31-21-9-7-6-8-19(21)22(29)25-10-11-27-12-14-28(15-13-27)23(30)32-24(3,4)5/h6-9H,10-16H2,1-5H3,(H,25,29). The highest BCUT2D eigenvalue weighted by molar-refractivity contribution is 5.96. The Labute approximate surface area is 195 Å². The van der Waals surface area contributed by atoms with Crippen LogP contribution in [0, 0.1) is 13.8 Å². The van der Waals surface area contributed by atoms with Crippen LogP contribution in [-0.2, 0) is 11.3 Å². The molecular formula is C24H34N4O5. The van der Waals surface area contributed by atoms with E-state index >= 15 is 0 Å². The highest BCUT2D eigenvalue weighted by Crippen LogP contribution is 2.21. The Kier molecular flexibility index (Phi) is 7.97. The number of carbonyl (C=O) groups is 2. The molecule has 0 saturated carbocycles. The Morgan fingerprint density at radius 3 is 2.45 bits per heavy atom. The van der Waals surface area contributed by atoms with E-state index in [1.807, 2.05) is 46.8 Å². The summed E-state index contributed by atoms with van der Waals surface area (Å²) in [5.74, 6) is 1.04. The number of benzene rings is 1. The maximum atomic E-state index is 12.8. The number of para-hydroxylation sites is 1. The number of nitrogens with zero attached hydrogens (tertiary/aromatic N) is 3. The van der Waals surface area contributed by atoms with Gasteiger partial charge in [0.1, 0.15) is 23.7 Å². The van der Waals surface area contributed by atoms with E-state index in [1.165, 1.54) is 0 Å². The van der Waals surface area contributed by atoms with Crippen molar-refractivity contribution < 1.29 is 23.6 Å². The highest BCUT2D eigenvalue weighted by atomic mass is 16.6. The topological polar surface area (TPSA) is 97.1 Å². The molecule has 0 unspecified atom stereocenters. The van der Waals surface area contributed by atoms with E-state index < -0.39 is 5.60 Å². The molecule has 0 spiro atoms. The molecule has 0 bridgehead atoms. The molecule has 1 N–H and O–H groups in total. The fourth-order valence-corrected chi connectivity index (χ4v) is 3.54. The SMILES string of the molecule is Cc1noc(C)c1COc1ccccc1C(=O)NCCN1CCN(C(=O)OC(C)(C)C)CC1. The number of piperazine rings is 1. The van der Waals surface area contributed by atoms with Crippen molar-refractivity contribution in [2.45, 2.75) is 46.8 Å². The maximum absolute atomic E-state index is 12.8. The van der Waals surface area contributed by atoms with Crippen molar-refractivity contribution in [1.29, 1.82) is 0 Å². The summed E-state index contributed by atoms with van der Waals surface area (Å²) in [5, 5.41) is 6.90. The van der Waals surface area contributed by atoms with E-state index in [0.717, 1.165) is 24.3 Å². The van der Waals surface area contributed by atoms with Crippen LogP contribution in [0.25, 0.3) is 0 Å². The van der Waals surface area contributed by atoms with Crippen molar-refractivity contribution in [3.63, 3.8) is 0 Å². The molecule has 2 aromatic rings. The van der Waals surface area contributed by atoms with Crippen LogP contribution in [0.3, 0.4) is 0 Å². The third kappa shape index (κ3) is 6.95. The number of hydrogen-bond donors (Lipinski definition) is 1. The molecule has 180 valence electrons. The second-order valence-corrected chi connectivity index (χ2v) is 9.15. The largest absolute Gasteiger partial charge is 0.488 e. The smallest absolute Gasteiger partial charge is 0.410 e. The second kappa shape index (κ2) is 10.7. The molecule has 33 heavy (non-hydrogen) atoms. The van der Waals surface area contributed by atoms with E-state index in [1.54, 1.807) is 17.0 Å². The zero-order chi connectivity index (χ0) is 24.0. The maximum Gasteiger partial charge on any atom is 0.410 e. The summed E-state index contributed by atoms with van der Waals surface area (Å²) in [6, 6.07) is 7.18. The number of aromatic nitrogens is 1. The predicted octanol–water partition coefficient (Wildman–Crippen LogP) is 3.15. The van der Waals surface area contributed by atoms with Crippen molar-refractivity contribution in [2.24, 2.45) is 0 Å². The van der Waals surface area contributed by atoms with Gasteiger partial charge < -0.3 is 24.2 Å². The highest BCUT2D eigenvalue weighted by Gasteiger charge is 2.25.